The molecule has 1 atom stereocenters. The average molecular weight is 449 g/mol. The van der Waals surface area contributed by atoms with Gasteiger partial charge < -0.3 is 4.74 Å². The number of aromatic nitrogens is 2. The molecule has 0 aliphatic rings. The topological polar surface area (TPSA) is 119 Å². The van der Waals surface area contributed by atoms with E-state index in [1.54, 1.807) is 0 Å². The van der Waals surface area contributed by atoms with Crippen LogP contribution in [0.2, 0.25) is 0 Å². The summed E-state index contributed by atoms with van der Waals surface area (Å²) in [5, 5.41) is 10.2. The fraction of sp³-hybridized carbons (Fsp3) is 0.333. The third-order valence-corrected chi connectivity index (χ3v) is 6.53. The number of ether oxygens (including phenoxy) is 1. The molecular weight excluding hydrogens is 431 g/mol. The number of halogens is 1. The maximum absolute atomic E-state index is 14.1. The summed E-state index contributed by atoms with van der Waals surface area (Å²) in [5.74, 6) is -1.89. The van der Waals surface area contributed by atoms with E-state index in [0.717, 1.165) is 35.4 Å². The van der Waals surface area contributed by atoms with Crippen LogP contribution >= 0.6 is 23.1 Å². The molecule has 0 unspecified atom stereocenters. The molecule has 1 N–H and O–H groups in total. The van der Waals surface area contributed by atoms with Gasteiger partial charge >= 0.3 is 5.97 Å². The van der Waals surface area contributed by atoms with Crippen LogP contribution in [0.5, 0.6) is 0 Å². The molecule has 0 bridgehead atoms. The predicted octanol–water partition coefficient (Wildman–Crippen LogP) is 1.74. The predicted molar refractivity (Wildman–Crippen MR) is 104 cm³/mol. The highest BCUT2D eigenvalue weighted by molar-refractivity contribution is 8.01. The van der Waals surface area contributed by atoms with Crippen LogP contribution in [0.4, 0.5) is 15.2 Å². The molecule has 0 radical (unpaired) electrons. The van der Waals surface area contributed by atoms with E-state index in [0.29, 0.717) is 8.64 Å². The summed E-state index contributed by atoms with van der Waals surface area (Å²) >= 11 is 2.09. The molecule has 9 nitrogen and oxygen atoms in total. The molecule has 28 heavy (non-hydrogen) atoms. The smallest absolute Gasteiger partial charge is 0.316 e. The molecule has 1 amide bonds. The van der Waals surface area contributed by atoms with Crippen molar-refractivity contribution in [2.75, 3.05) is 28.7 Å². The minimum atomic E-state index is -3.95. The van der Waals surface area contributed by atoms with E-state index in [4.69, 9.17) is 0 Å². The van der Waals surface area contributed by atoms with Gasteiger partial charge in [0.2, 0.25) is 21.1 Å². The Balaban J connectivity index is 2.15. The van der Waals surface area contributed by atoms with Gasteiger partial charge in [0.25, 0.3) is 0 Å². The Morgan fingerprint density at radius 3 is 2.64 bits per heavy atom. The fourth-order valence-corrected chi connectivity index (χ4v) is 4.88. The standard InChI is InChI=1S/C15H17FN4O5S3/c1-9(20(28(3,23)24)11-7-5-4-6-10(11)16)13(22)17-14-18-19-15(27-14)26-8-12(21)25-2/h4-7,9H,8H2,1-3H3,(H,17,18,22)/t9-/m1/s1. The normalized spacial score (nSPS) is 12.3. The van der Waals surface area contributed by atoms with E-state index >= 15 is 0 Å². The van der Waals surface area contributed by atoms with Gasteiger partial charge in [0.15, 0.2) is 4.34 Å². The lowest BCUT2D eigenvalue weighted by Crippen LogP contribution is -2.45. The number of nitrogens with zero attached hydrogens (tertiary/aromatic N) is 3. The van der Waals surface area contributed by atoms with Crippen molar-refractivity contribution < 1.29 is 27.1 Å². The van der Waals surface area contributed by atoms with Gasteiger partial charge in [-0.1, -0.05) is 35.2 Å². The van der Waals surface area contributed by atoms with Crippen LogP contribution in [0.25, 0.3) is 0 Å². The minimum Gasteiger partial charge on any atom is -0.468 e. The van der Waals surface area contributed by atoms with Crippen molar-refractivity contribution in [2.24, 2.45) is 0 Å². The Bertz CT molecular complexity index is 966. The maximum Gasteiger partial charge on any atom is 0.316 e. The van der Waals surface area contributed by atoms with E-state index in [1.807, 2.05) is 0 Å². The number of benzene rings is 1. The van der Waals surface area contributed by atoms with Crippen LogP contribution in [0.3, 0.4) is 0 Å². The van der Waals surface area contributed by atoms with E-state index in [2.05, 4.69) is 20.3 Å². The van der Waals surface area contributed by atoms with Gasteiger partial charge in [0, 0.05) is 0 Å². The summed E-state index contributed by atoms with van der Waals surface area (Å²) in [6.07, 6.45) is 0.885. The number of hydrogen-bond donors (Lipinski definition) is 1. The number of anilines is 2. The van der Waals surface area contributed by atoms with E-state index < -0.39 is 33.8 Å². The van der Waals surface area contributed by atoms with E-state index in [1.165, 1.54) is 32.2 Å². The Morgan fingerprint density at radius 1 is 1.36 bits per heavy atom. The molecule has 152 valence electrons. The van der Waals surface area contributed by atoms with Crippen LogP contribution in [-0.2, 0) is 24.3 Å². The van der Waals surface area contributed by atoms with Crippen molar-refractivity contribution in [3.8, 4) is 0 Å². The lowest BCUT2D eigenvalue weighted by molar-refractivity contribution is -0.137. The zero-order chi connectivity index (χ0) is 20.9. The number of amides is 1. The second-order valence-corrected chi connectivity index (χ2v) is 9.47. The molecule has 0 aliphatic carbocycles. The molecule has 1 aromatic carbocycles. The summed E-state index contributed by atoms with van der Waals surface area (Å²) in [7, 11) is -2.69. The number of thioether (sulfide) groups is 1. The third-order valence-electron chi connectivity index (χ3n) is 3.36. The molecule has 1 heterocycles. The lowest BCUT2D eigenvalue weighted by Gasteiger charge is -2.28. The Kier molecular flexibility index (Phi) is 7.32. The summed E-state index contributed by atoms with van der Waals surface area (Å²) < 4.78 is 44.1. The van der Waals surface area contributed by atoms with Crippen molar-refractivity contribution >= 4 is 55.8 Å². The summed E-state index contributed by atoms with van der Waals surface area (Å²) in [6, 6.07) is 4.01. The average Bonchev–Trinajstić information content (AvgIpc) is 3.07. The molecule has 0 fully saturated rings. The van der Waals surface area contributed by atoms with Crippen molar-refractivity contribution in [3.05, 3.63) is 30.1 Å². The zero-order valence-electron chi connectivity index (χ0n) is 15.1. The molecule has 0 aliphatic heterocycles. The number of para-hydroxylation sites is 1. The molecular formula is C15H17FN4O5S3. The highest BCUT2D eigenvalue weighted by atomic mass is 32.2. The van der Waals surface area contributed by atoms with Crippen molar-refractivity contribution in [1.82, 2.24) is 10.2 Å². The highest BCUT2D eigenvalue weighted by Crippen LogP contribution is 2.27. The largest absolute Gasteiger partial charge is 0.468 e. The molecule has 0 spiro atoms. The molecule has 0 saturated carbocycles. The quantitative estimate of drug-likeness (QED) is 0.368. The monoisotopic (exact) mass is 448 g/mol. The Labute approximate surface area is 169 Å². The maximum atomic E-state index is 14.1. The molecule has 2 rings (SSSR count). The van der Waals surface area contributed by atoms with Gasteiger partial charge in [-0.3, -0.25) is 19.2 Å². The molecule has 13 heteroatoms. The van der Waals surface area contributed by atoms with Gasteiger partial charge in [-0.05, 0) is 19.1 Å². The number of carbonyl (C=O) groups excluding carboxylic acids is 2. The van der Waals surface area contributed by atoms with Crippen LogP contribution in [0.1, 0.15) is 6.92 Å². The highest BCUT2D eigenvalue weighted by Gasteiger charge is 2.31. The first kappa shape index (κ1) is 22.0. The third kappa shape index (κ3) is 5.62. The number of sulfonamides is 1. The Morgan fingerprint density at radius 2 is 2.04 bits per heavy atom. The summed E-state index contributed by atoms with van der Waals surface area (Å²) in [4.78, 5) is 23.7. The van der Waals surface area contributed by atoms with E-state index in [-0.39, 0.29) is 16.6 Å². The number of carbonyl (C=O) groups is 2. The van der Waals surface area contributed by atoms with Gasteiger partial charge in [-0.25, -0.2) is 12.8 Å². The number of hydrogen-bond acceptors (Lipinski definition) is 9. The first-order valence-electron chi connectivity index (χ1n) is 7.71. The Hall–Kier alpha value is -2.25. The molecule has 0 saturated heterocycles. The zero-order valence-corrected chi connectivity index (χ0v) is 17.5. The first-order valence-corrected chi connectivity index (χ1v) is 11.4. The summed E-state index contributed by atoms with van der Waals surface area (Å²) in [6.45, 7) is 1.33. The fourth-order valence-electron chi connectivity index (χ4n) is 2.12. The lowest BCUT2D eigenvalue weighted by atomic mass is 10.2. The van der Waals surface area contributed by atoms with Gasteiger partial charge in [0.05, 0.1) is 24.8 Å². The summed E-state index contributed by atoms with van der Waals surface area (Å²) in [5.41, 5.74) is -0.237. The van der Waals surface area contributed by atoms with Gasteiger partial charge in [0.1, 0.15) is 11.9 Å². The SMILES string of the molecule is COC(=O)CSc1nnc(NC(=O)[C@@H](C)N(c2ccccc2F)S(C)(=O)=O)s1. The van der Waals surface area contributed by atoms with Gasteiger partial charge in [-0.15, -0.1) is 10.2 Å². The number of rotatable bonds is 8. The second kappa shape index (κ2) is 9.30. The van der Waals surface area contributed by atoms with E-state index in [9.17, 15) is 22.4 Å². The molecule has 2 aromatic rings. The van der Waals surface area contributed by atoms with Crippen LogP contribution in [0.15, 0.2) is 28.6 Å². The van der Waals surface area contributed by atoms with Crippen LogP contribution in [-0.4, -0.2) is 55.7 Å². The van der Waals surface area contributed by atoms with Crippen molar-refractivity contribution in [1.29, 1.82) is 0 Å². The number of esters is 1. The van der Waals surface area contributed by atoms with Gasteiger partial charge in [-0.2, -0.15) is 0 Å². The van der Waals surface area contributed by atoms with Crippen LogP contribution < -0.4 is 9.62 Å². The molecule has 1 aromatic heterocycles. The number of methoxy groups -OCH3 is 1. The van der Waals surface area contributed by atoms with Crippen molar-refractivity contribution in [2.45, 2.75) is 17.3 Å². The number of nitrogens with one attached hydrogen (secondary N) is 1. The second-order valence-electron chi connectivity index (χ2n) is 5.41. The van der Waals surface area contributed by atoms with Crippen LogP contribution in [0, 0.1) is 5.82 Å². The minimum absolute atomic E-state index is 0.0324. The first-order chi connectivity index (χ1) is 13.1. The van der Waals surface area contributed by atoms with Crippen molar-refractivity contribution in [3.63, 3.8) is 0 Å².